The summed E-state index contributed by atoms with van der Waals surface area (Å²) in [5.74, 6) is 0.0717. The number of amides is 1. The first-order valence-corrected chi connectivity index (χ1v) is 7.09. The Morgan fingerprint density at radius 3 is 3.25 bits per heavy atom. The molecule has 112 valence electrons. The van der Waals surface area contributed by atoms with Gasteiger partial charge in [-0.25, -0.2) is 0 Å². The molecule has 1 unspecified atom stereocenters. The number of nitrogens with zero attached hydrogens (tertiary/aromatic N) is 3. The van der Waals surface area contributed by atoms with Crippen LogP contribution in [0.5, 0.6) is 0 Å². The third-order valence-electron chi connectivity index (χ3n) is 3.41. The molecular weight excluding hydrogens is 258 g/mol. The summed E-state index contributed by atoms with van der Waals surface area (Å²) in [6.07, 6.45) is 3.72. The molecule has 2 rings (SSSR count). The number of aliphatic hydroxyl groups is 1. The Morgan fingerprint density at radius 2 is 2.50 bits per heavy atom. The monoisotopic (exact) mass is 281 g/mol. The van der Waals surface area contributed by atoms with Crippen molar-refractivity contribution in [1.82, 2.24) is 25.3 Å². The highest BCUT2D eigenvalue weighted by molar-refractivity contribution is 5.82. The SMILES string of the molecule is CCNC(=O)C1CNCCN1Cc1cnn(CCO)c1. The Hall–Kier alpha value is -1.44. The van der Waals surface area contributed by atoms with Crippen LogP contribution in [0, 0.1) is 0 Å². The quantitative estimate of drug-likeness (QED) is 0.609. The zero-order chi connectivity index (χ0) is 14.4. The Labute approximate surface area is 118 Å². The summed E-state index contributed by atoms with van der Waals surface area (Å²) in [6.45, 7) is 6.27. The minimum absolute atomic E-state index is 0.0717. The van der Waals surface area contributed by atoms with E-state index in [1.807, 2.05) is 13.1 Å². The normalized spacial score (nSPS) is 20.0. The van der Waals surface area contributed by atoms with Crippen molar-refractivity contribution in [2.75, 3.05) is 32.8 Å². The average molecular weight is 281 g/mol. The van der Waals surface area contributed by atoms with Crippen molar-refractivity contribution in [2.45, 2.75) is 26.1 Å². The maximum absolute atomic E-state index is 12.1. The van der Waals surface area contributed by atoms with Crippen LogP contribution in [0.15, 0.2) is 12.4 Å². The van der Waals surface area contributed by atoms with Crippen molar-refractivity contribution >= 4 is 5.91 Å². The van der Waals surface area contributed by atoms with E-state index in [9.17, 15) is 4.79 Å². The largest absolute Gasteiger partial charge is 0.394 e. The summed E-state index contributed by atoms with van der Waals surface area (Å²) in [6, 6.07) is -0.134. The van der Waals surface area contributed by atoms with Gasteiger partial charge in [0.1, 0.15) is 6.04 Å². The van der Waals surface area contributed by atoms with Gasteiger partial charge in [-0.3, -0.25) is 14.4 Å². The number of piperazine rings is 1. The summed E-state index contributed by atoms with van der Waals surface area (Å²) in [4.78, 5) is 14.2. The second kappa shape index (κ2) is 7.37. The zero-order valence-electron chi connectivity index (χ0n) is 11.9. The molecule has 0 spiro atoms. The van der Waals surface area contributed by atoms with Crippen molar-refractivity contribution < 1.29 is 9.90 Å². The van der Waals surface area contributed by atoms with Crippen molar-refractivity contribution in [3.8, 4) is 0 Å². The molecule has 7 heteroatoms. The molecule has 1 aliphatic heterocycles. The van der Waals surface area contributed by atoms with E-state index < -0.39 is 0 Å². The van der Waals surface area contributed by atoms with E-state index in [4.69, 9.17) is 5.11 Å². The Kier molecular flexibility index (Phi) is 5.51. The lowest BCUT2D eigenvalue weighted by Crippen LogP contribution is -2.57. The molecule has 3 N–H and O–H groups in total. The van der Waals surface area contributed by atoms with Crippen molar-refractivity contribution in [1.29, 1.82) is 0 Å². The number of aromatic nitrogens is 2. The third-order valence-corrected chi connectivity index (χ3v) is 3.41. The average Bonchev–Trinajstić information content (AvgIpc) is 2.87. The van der Waals surface area contributed by atoms with E-state index in [1.54, 1.807) is 10.9 Å². The van der Waals surface area contributed by atoms with Gasteiger partial charge in [0.15, 0.2) is 0 Å². The van der Waals surface area contributed by atoms with Crippen molar-refractivity contribution in [2.24, 2.45) is 0 Å². The van der Waals surface area contributed by atoms with Crippen LogP contribution in [-0.4, -0.2) is 64.5 Å². The van der Waals surface area contributed by atoms with E-state index in [0.717, 1.165) is 18.7 Å². The molecule has 2 heterocycles. The molecule has 1 amide bonds. The second-order valence-electron chi connectivity index (χ2n) is 4.92. The van der Waals surface area contributed by atoms with Gasteiger partial charge in [0.05, 0.1) is 19.3 Å². The lowest BCUT2D eigenvalue weighted by Gasteiger charge is -2.34. The molecule has 1 atom stereocenters. The molecular formula is C13H23N5O2. The molecule has 0 aliphatic carbocycles. The van der Waals surface area contributed by atoms with Crippen LogP contribution in [-0.2, 0) is 17.9 Å². The standard InChI is InChI=1S/C13H23N5O2/c1-2-15-13(20)12-8-14-3-4-17(12)9-11-7-16-18(10-11)5-6-19/h7,10,12,14,19H,2-6,8-9H2,1H3,(H,15,20). The second-order valence-corrected chi connectivity index (χ2v) is 4.92. The number of hydrogen-bond donors (Lipinski definition) is 3. The predicted molar refractivity (Wildman–Crippen MR) is 75.1 cm³/mol. The predicted octanol–water partition coefficient (Wildman–Crippen LogP) is -1.21. The fourth-order valence-corrected chi connectivity index (χ4v) is 2.43. The topological polar surface area (TPSA) is 82.4 Å². The Bertz CT molecular complexity index is 434. The molecule has 0 radical (unpaired) electrons. The van der Waals surface area contributed by atoms with E-state index in [1.165, 1.54) is 0 Å². The first kappa shape index (κ1) is 15.0. The number of likely N-dealkylation sites (N-methyl/N-ethyl adjacent to an activating group) is 1. The number of rotatable bonds is 6. The molecule has 1 aromatic heterocycles. The molecule has 0 bridgehead atoms. The molecule has 20 heavy (non-hydrogen) atoms. The summed E-state index contributed by atoms with van der Waals surface area (Å²) in [7, 11) is 0. The highest BCUT2D eigenvalue weighted by Gasteiger charge is 2.28. The van der Waals surface area contributed by atoms with Gasteiger partial charge in [-0.05, 0) is 6.92 Å². The van der Waals surface area contributed by atoms with Crippen LogP contribution in [0.4, 0.5) is 0 Å². The minimum Gasteiger partial charge on any atom is -0.394 e. The van der Waals surface area contributed by atoms with Crippen LogP contribution < -0.4 is 10.6 Å². The molecule has 1 aliphatic rings. The maximum Gasteiger partial charge on any atom is 0.238 e. The number of hydrogen-bond acceptors (Lipinski definition) is 5. The van der Waals surface area contributed by atoms with E-state index >= 15 is 0 Å². The van der Waals surface area contributed by atoms with Gasteiger partial charge in [-0.2, -0.15) is 5.10 Å². The lowest BCUT2D eigenvalue weighted by molar-refractivity contribution is -0.127. The van der Waals surface area contributed by atoms with Gasteiger partial charge in [-0.15, -0.1) is 0 Å². The number of nitrogens with one attached hydrogen (secondary N) is 2. The molecule has 7 nitrogen and oxygen atoms in total. The first-order valence-electron chi connectivity index (χ1n) is 7.09. The molecule has 1 fully saturated rings. The van der Waals surface area contributed by atoms with E-state index in [-0.39, 0.29) is 18.6 Å². The molecule has 1 saturated heterocycles. The van der Waals surface area contributed by atoms with E-state index in [0.29, 0.717) is 26.2 Å². The third kappa shape index (κ3) is 3.78. The van der Waals surface area contributed by atoms with Gasteiger partial charge in [0.25, 0.3) is 0 Å². The Balaban J connectivity index is 1.98. The lowest BCUT2D eigenvalue weighted by atomic mass is 10.1. The number of carbonyl (C=O) groups excluding carboxylic acids is 1. The van der Waals surface area contributed by atoms with Crippen LogP contribution >= 0.6 is 0 Å². The summed E-state index contributed by atoms with van der Waals surface area (Å²) in [5.41, 5.74) is 1.06. The zero-order valence-corrected chi connectivity index (χ0v) is 11.9. The van der Waals surface area contributed by atoms with Gasteiger partial charge < -0.3 is 15.7 Å². The molecule has 0 aromatic carbocycles. The fourth-order valence-electron chi connectivity index (χ4n) is 2.43. The van der Waals surface area contributed by atoms with Gasteiger partial charge in [0.2, 0.25) is 5.91 Å². The Morgan fingerprint density at radius 1 is 1.65 bits per heavy atom. The van der Waals surface area contributed by atoms with Crippen LogP contribution in [0.2, 0.25) is 0 Å². The summed E-state index contributed by atoms with van der Waals surface area (Å²) in [5, 5.41) is 19.2. The summed E-state index contributed by atoms with van der Waals surface area (Å²) >= 11 is 0. The molecule has 1 aromatic rings. The van der Waals surface area contributed by atoms with Crippen molar-refractivity contribution in [3.05, 3.63) is 18.0 Å². The number of aliphatic hydroxyl groups excluding tert-OH is 1. The van der Waals surface area contributed by atoms with Crippen LogP contribution in [0.25, 0.3) is 0 Å². The first-order chi connectivity index (χ1) is 9.74. The van der Waals surface area contributed by atoms with Crippen molar-refractivity contribution in [3.63, 3.8) is 0 Å². The van der Waals surface area contributed by atoms with Gasteiger partial charge >= 0.3 is 0 Å². The highest BCUT2D eigenvalue weighted by atomic mass is 16.3. The molecule has 0 saturated carbocycles. The van der Waals surface area contributed by atoms with Gasteiger partial charge in [-0.1, -0.05) is 0 Å². The fraction of sp³-hybridized carbons (Fsp3) is 0.692. The van der Waals surface area contributed by atoms with Gasteiger partial charge in [0, 0.05) is 44.5 Å². The smallest absolute Gasteiger partial charge is 0.238 e. The maximum atomic E-state index is 12.1. The van der Waals surface area contributed by atoms with Crippen LogP contribution in [0.3, 0.4) is 0 Å². The van der Waals surface area contributed by atoms with E-state index in [2.05, 4.69) is 20.6 Å². The summed E-state index contributed by atoms with van der Waals surface area (Å²) < 4.78 is 1.72. The van der Waals surface area contributed by atoms with Crippen LogP contribution in [0.1, 0.15) is 12.5 Å². The number of carbonyl (C=O) groups is 1. The minimum atomic E-state index is -0.134. The highest BCUT2D eigenvalue weighted by Crippen LogP contribution is 2.10.